The Morgan fingerprint density at radius 3 is 2.67 bits per heavy atom. The minimum atomic E-state index is -0.0771. The molecule has 0 spiro atoms. The normalized spacial score (nSPS) is 14.5. The van der Waals surface area contributed by atoms with E-state index in [0.29, 0.717) is 43.4 Å². The van der Waals surface area contributed by atoms with E-state index in [1.165, 1.54) is 11.8 Å². The van der Waals surface area contributed by atoms with E-state index >= 15 is 0 Å². The number of nitrogens with zero attached hydrogens (tertiary/aromatic N) is 4. The molecule has 4 rings (SSSR count). The van der Waals surface area contributed by atoms with Crippen LogP contribution < -0.4 is 5.32 Å². The van der Waals surface area contributed by atoms with Crippen molar-refractivity contribution in [3.63, 3.8) is 0 Å². The lowest BCUT2D eigenvalue weighted by atomic mass is 9.96. The number of thioether (sulfide) groups is 1. The molecule has 2 amide bonds. The zero-order valence-electron chi connectivity index (χ0n) is 19.2. The summed E-state index contributed by atoms with van der Waals surface area (Å²) in [5.41, 5.74) is 3.32. The van der Waals surface area contributed by atoms with Crippen molar-refractivity contribution in [1.82, 2.24) is 25.0 Å². The van der Waals surface area contributed by atoms with Gasteiger partial charge in [0.1, 0.15) is 11.6 Å². The van der Waals surface area contributed by atoms with Crippen LogP contribution in [-0.4, -0.2) is 50.3 Å². The van der Waals surface area contributed by atoms with E-state index in [0.717, 1.165) is 28.4 Å². The number of hydrogen-bond acceptors (Lipinski definition) is 6. The van der Waals surface area contributed by atoms with Crippen LogP contribution >= 0.6 is 11.8 Å². The molecule has 1 saturated heterocycles. The van der Waals surface area contributed by atoms with Crippen LogP contribution in [0.4, 0.5) is 0 Å². The topological polar surface area (TPSA) is 93.3 Å². The van der Waals surface area contributed by atoms with Crippen LogP contribution in [0.25, 0.3) is 5.69 Å². The Morgan fingerprint density at radius 2 is 1.94 bits per heavy atom. The molecule has 2 aromatic heterocycles. The number of amides is 2. The Labute approximate surface area is 197 Å². The lowest BCUT2D eigenvalue weighted by Crippen LogP contribution is -2.43. The third-order valence-corrected chi connectivity index (χ3v) is 6.87. The molecule has 0 unspecified atom stereocenters. The zero-order chi connectivity index (χ0) is 23.4. The fraction of sp³-hybridized carbons (Fsp3) is 0.417. The third kappa shape index (κ3) is 5.47. The minimum absolute atomic E-state index is 0.0185. The van der Waals surface area contributed by atoms with Crippen molar-refractivity contribution >= 4 is 23.6 Å². The third-order valence-electron chi connectivity index (χ3n) is 5.96. The number of carbonyl (C=O) groups is 2. The molecule has 0 bridgehead atoms. The molecule has 1 aromatic carbocycles. The summed E-state index contributed by atoms with van der Waals surface area (Å²) in [4.78, 5) is 27.1. The Kier molecular flexibility index (Phi) is 7.17. The number of carbonyl (C=O) groups excluding carboxylic acids is 2. The first-order valence-corrected chi connectivity index (χ1v) is 12.1. The van der Waals surface area contributed by atoms with Crippen LogP contribution in [0.15, 0.2) is 46.2 Å². The first kappa shape index (κ1) is 23.1. The average Bonchev–Trinajstić information content (AvgIpc) is 3.47. The van der Waals surface area contributed by atoms with Gasteiger partial charge in [-0.3, -0.25) is 14.2 Å². The fourth-order valence-corrected chi connectivity index (χ4v) is 4.91. The number of hydrogen-bond donors (Lipinski definition) is 1. The summed E-state index contributed by atoms with van der Waals surface area (Å²) in [6.07, 6.45) is 2.92. The maximum absolute atomic E-state index is 12.8. The van der Waals surface area contributed by atoms with Gasteiger partial charge in [-0.1, -0.05) is 23.9 Å². The first-order chi connectivity index (χ1) is 15.9. The van der Waals surface area contributed by atoms with E-state index in [1.807, 2.05) is 22.5 Å². The van der Waals surface area contributed by atoms with Crippen molar-refractivity contribution in [2.24, 2.45) is 5.92 Å². The number of aryl methyl sites for hydroxylation is 3. The second-order valence-corrected chi connectivity index (χ2v) is 9.34. The van der Waals surface area contributed by atoms with E-state index in [1.54, 1.807) is 12.3 Å². The van der Waals surface area contributed by atoms with Crippen molar-refractivity contribution in [2.45, 2.75) is 45.3 Å². The summed E-state index contributed by atoms with van der Waals surface area (Å²) in [7, 11) is 0. The van der Waals surface area contributed by atoms with Crippen LogP contribution in [0.1, 0.15) is 35.6 Å². The molecule has 0 saturated carbocycles. The van der Waals surface area contributed by atoms with Gasteiger partial charge < -0.3 is 14.6 Å². The maximum atomic E-state index is 12.8. The fourth-order valence-electron chi connectivity index (χ4n) is 4.01. The van der Waals surface area contributed by atoms with Crippen molar-refractivity contribution in [3.8, 4) is 5.69 Å². The van der Waals surface area contributed by atoms with Gasteiger partial charge >= 0.3 is 0 Å². The monoisotopic (exact) mass is 467 g/mol. The molecule has 3 aromatic rings. The summed E-state index contributed by atoms with van der Waals surface area (Å²) in [6.45, 7) is 7.59. The van der Waals surface area contributed by atoms with Crippen molar-refractivity contribution < 1.29 is 14.0 Å². The number of rotatable bonds is 7. The SMILES string of the molecule is Cc1ccc(C)c(-n2c(C)nnc2SCC(=O)N2CCC(C(=O)NCc3ccco3)CC2)c1. The van der Waals surface area contributed by atoms with Gasteiger partial charge in [0.2, 0.25) is 11.8 Å². The average molecular weight is 468 g/mol. The predicted molar refractivity (Wildman–Crippen MR) is 126 cm³/mol. The van der Waals surface area contributed by atoms with E-state index in [9.17, 15) is 9.59 Å². The molecule has 33 heavy (non-hydrogen) atoms. The van der Waals surface area contributed by atoms with Crippen LogP contribution in [0, 0.1) is 26.7 Å². The molecule has 1 aliphatic heterocycles. The largest absolute Gasteiger partial charge is 0.467 e. The van der Waals surface area contributed by atoms with Crippen LogP contribution in [-0.2, 0) is 16.1 Å². The van der Waals surface area contributed by atoms with E-state index < -0.39 is 0 Å². The highest BCUT2D eigenvalue weighted by molar-refractivity contribution is 7.99. The Morgan fingerprint density at radius 1 is 1.15 bits per heavy atom. The molecule has 0 atom stereocenters. The second kappa shape index (κ2) is 10.2. The number of piperidine rings is 1. The van der Waals surface area contributed by atoms with Crippen LogP contribution in [0.5, 0.6) is 0 Å². The number of benzene rings is 1. The highest BCUT2D eigenvalue weighted by Crippen LogP contribution is 2.26. The summed E-state index contributed by atoms with van der Waals surface area (Å²) in [5, 5.41) is 12.2. The van der Waals surface area contributed by atoms with Gasteiger partial charge in [0.15, 0.2) is 5.16 Å². The summed E-state index contributed by atoms with van der Waals surface area (Å²) < 4.78 is 7.26. The highest BCUT2D eigenvalue weighted by Gasteiger charge is 2.27. The number of nitrogens with one attached hydrogen (secondary N) is 1. The van der Waals surface area contributed by atoms with Gasteiger partial charge in [0.05, 0.1) is 24.2 Å². The molecular formula is C24H29N5O3S. The summed E-state index contributed by atoms with van der Waals surface area (Å²) in [6, 6.07) is 9.91. The van der Waals surface area contributed by atoms with Gasteiger partial charge in [-0.15, -0.1) is 10.2 Å². The number of aromatic nitrogens is 3. The van der Waals surface area contributed by atoms with E-state index in [2.05, 4.69) is 47.6 Å². The lowest BCUT2D eigenvalue weighted by Gasteiger charge is -2.31. The highest BCUT2D eigenvalue weighted by atomic mass is 32.2. The van der Waals surface area contributed by atoms with Gasteiger partial charge in [-0.05, 0) is 62.9 Å². The number of likely N-dealkylation sites (tertiary alicyclic amines) is 1. The van der Waals surface area contributed by atoms with Crippen LogP contribution in [0.3, 0.4) is 0 Å². The van der Waals surface area contributed by atoms with Crippen LogP contribution in [0.2, 0.25) is 0 Å². The number of furan rings is 1. The molecule has 0 aliphatic carbocycles. The van der Waals surface area contributed by atoms with Crippen molar-refractivity contribution in [2.75, 3.05) is 18.8 Å². The smallest absolute Gasteiger partial charge is 0.233 e. The Hall–Kier alpha value is -3.07. The van der Waals surface area contributed by atoms with Gasteiger partial charge in [-0.2, -0.15) is 0 Å². The predicted octanol–water partition coefficient (Wildman–Crippen LogP) is 3.43. The molecule has 9 heteroatoms. The van der Waals surface area contributed by atoms with E-state index in [-0.39, 0.29) is 17.7 Å². The van der Waals surface area contributed by atoms with Gasteiger partial charge in [-0.25, -0.2) is 0 Å². The Bertz CT molecular complexity index is 1120. The van der Waals surface area contributed by atoms with Gasteiger partial charge in [0.25, 0.3) is 0 Å². The summed E-state index contributed by atoms with van der Waals surface area (Å²) >= 11 is 1.40. The van der Waals surface area contributed by atoms with Crippen molar-refractivity contribution in [3.05, 3.63) is 59.3 Å². The van der Waals surface area contributed by atoms with Gasteiger partial charge in [0, 0.05) is 19.0 Å². The minimum Gasteiger partial charge on any atom is -0.467 e. The molecule has 174 valence electrons. The Balaban J connectivity index is 1.30. The lowest BCUT2D eigenvalue weighted by molar-refractivity contribution is -0.133. The molecule has 0 radical (unpaired) electrons. The molecule has 1 fully saturated rings. The van der Waals surface area contributed by atoms with E-state index in [4.69, 9.17) is 4.42 Å². The zero-order valence-corrected chi connectivity index (χ0v) is 20.0. The molecular weight excluding hydrogens is 438 g/mol. The molecule has 8 nitrogen and oxygen atoms in total. The first-order valence-electron chi connectivity index (χ1n) is 11.1. The molecule has 1 N–H and O–H groups in total. The second-order valence-electron chi connectivity index (χ2n) is 8.40. The quantitative estimate of drug-likeness (QED) is 0.535. The van der Waals surface area contributed by atoms with Crippen molar-refractivity contribution in [1.29, 1.82) is 0 Å². The summed E-state index contributed by atoms with van der Waals surface area (Å²) in [5.74, 6) is 1.81. The standard InChI is InChI=1S/C24H29N5O3S/c1-16-6-7-17(2)21(13-16)29-18(3)26-27-24(29)33-15-22(30)28-10-8-19(9-11-28)23(31)25-14-20-5-4-12-32-20/h4-7,12-13,19H,8-11,14-15H2,1-3H3,(H,25,31). The molecule has 1 aliphatic rings. The maximum Gasteiger partial charge on any atom is 0.233 e. The molecule has 3 heterocycles.